The Kier molecular flexibility index (Phi) is 3.59. The van der Waals surface area contributed by atoms with Crippen molar-refractivity contribution >= 4 is 15.9 Å². The first kappa shape index (κ1) is 14.4. The minimum atomic E-state index is -0.210. The van der Waals surface area contributed by atoms with Crippen LogP contribution < -0.4 is 5.32 Å². The summed E-state index contributed by atoms with van der Waals surface area (Å²) in [6.45, 7) is 2.14. The van der Waals surface area contributed by atoms with Gasteiger partial charge in [0.25, 0.3) is 0 Å². The zero-order chi connectivity index (χ0) is 14.5. The standard InChI is InChI=1S/C16H22BrNO2/c1-9-8-11(17)14(19)13-12(9)10-6-4-5-7-16(10,20-3)15(13)18-2/h8,10,15,18-19H,4-7H2,1-3H3. The number of halogens is 1. The van der Waals surface area contributed by atoms with Crippen LogP contribution in [0.3, 0.4) is 0 Å². The van der Waals surface area contributed by atoms with Gasteiger partial charge in [0.2, 0.25) is 0 Å². The van der Waals surface area contributed by atoms with Crippen molar-refractivity contribution in [2.24, 2.45) is 0 Å². The Labute approximate surface area is 128 Å². The molecule has 2 N–H and O–H groups in total. The van der Waals surface area contributed by atoms with E-state index in [0.717, 1.165) is 22.9 Å². The Hall–Kier alpha value is -0.580. The number of ether oxygens (including phenoxy) is 1. The number of aromatic hydroxyl groups is 1. The molecule has 4 heteroatoms. The van der Waals surface area contributed by atoms with Crippen molar-refractivity contribution in [3.8, 4) is 5.75 Å². The summed E-state index contributed by atoms with van der Waals surface area (Å²) in [6.07, 6.45) is 4.62. The molecule has 3 rings (SSSR count). The molecule has 3 nitrogen and oxygen atoms in total. The van der Waals surface area contributed by atoms with Crippen molar-refractivity contribution in [1.82, 2.24) is 5.32 Å². The predicted molar refractivity (Wildman–Crippen MR) is 83.3 cm³/mol. The number of hydrogen-bond donors (Lipinski definition) is 2. The summed E-state index contributed by atoms with van der Waals surface area (Å²) in [7, 11) is 3.78. The number of phenols is 1. The molecule has 3 unspecified atom stereocenters. The van der Waals surface area contributed by atoms with Crippen LogP contribution in [0.4, 0.5) is 0 Å². The summed E-state index contributed by atoms with van der Waals surface area (Å²) in [4.78, 5) is 0. The summed E-state index contributed by atoms with van der Waals surface area (Å²) in [6, 6.07) is 2.09. The van der Waals surface area contributed by atoms with Crippen LogP contribution in [0.1, 0.15) is 54.3 Å². The number of fused-ring (bicyclic) bond motifs is 3. The van der Waals surface area contributed by atoms with Crippen LogP contribution in [0, 0.1) is 6.92 Å². The molecule has 1 saturated carbocycles. The molecule has 0 aromatic heterocycles. The molecule has 0 bridgehead atoms. The van der Waals surface area contributed by atoms with E-state index >= 15 is 0 Å². The van der Waals surface area contributed by atoms with Crippen LogP contribution >= 0.6 is 15.9 Å². The first-order valence-electron chi connectivity index (χ1n) is 7.31. The summed E-state index contributed by atoms with van der Waals surface area (Å²) in [5.41, 5.74) is 3.37. The quantitative estimate of drug-likeness (QED) is 0.861. The highest BCUT2D eigenvalue weighted by Gasteiger charge is 2.55. The number of phenolic OH excluding ortho intramolecular Hbond substituents is 1. The molecule has 0 heterocycles. The van der Waals surface area contributed by atoms with Gasteiger partial charge in [-0.05, 0) is 59.9 Å². The monoisotopic (exact) mass is 339 g/mol. The average Bonchev–Trinajstić information content (AvgIpc) is 2.76. The van der Waals surface area contributed by atoms with Crippen LogP contribution in [-0.4, -0.2) is 24.9 Å². The largest absolute Gasteiger partial charge is 0.506 e. The van der Waals surface area contributed by atoms with Gasteiger partial charge in [0.15, 0.2) is 0 Å². The van der Waals surface area contributed by atoms with E-state index in [1.165, 1.54) is 24.0 Å². The van der Waals surface area contributed by atoms with Crippen LogP contribution in [-0.2, 0) is 4.74 Å². The second-order valence-electron chi connectivity index (χ2n) is 6.03. The first-order valence-corrected chi connectivity index (χ1v) is 8.10. The Morgan fingerprint density at radius 1 is 1.40 bits per heavy atom. The van der Waals surface area contributed by atoms with E-state index in [9.17, 15) is 5.11 Å². The van der Waals surface area contributed by atoms with Crippen LogP contribution in [0.15, 0.2) is 10.5 Å². The summed E-state index contributed by atoms with van der Waals surface area (Å²) < 4.78 is 6.83. The topological polar surface area (TPSA) is 41.5 Å². The zero-order valence-corrected chi connectivity index (χ0v) is 13.9. The van der Waals surface area contributed by atoms with Crippen molar-refractivity contribution in [1.29, 1.82) is 0 Å². The second kappa shape index (κ2) is 5.00. The lowest BCUT2D eigenvalue weighted by Crippen LogP contribution is -2.46. The van der Waals surface area contributed by atoms with Gasteiger partial charge >= 0.3 is 0 Å². The minimum absolute atomic E-state index is 0.0593. The summed E-state index contributed by atoms with van der Waals surface area (Å²) in [5, 5.41) is 14.0. The molecule has 0 spiro atoms. The molecule has 1 aromatic carbocycles. The van der Waals surface area contributed by atoms with Crippen molar-refractivity contribution in [2.75, 3.05) is 14.2 Å². The molecule has 110 valence electrons. The van der Waals surface area contributed by atoms with E-state index in [4.69, 9.17) is 4.74 Å². The second-order valence-corrected chi connectivity index (χ2v) is 6.88. The number of hydrogen-bond acceptors (Lipinski definition) is 3. The number of aryl methyl sites for hydroxylation is 1. The van der Waals surface area contributed by atoms with E-state index in [2.05, 4.69) is 28.2 Å². The van der Waals surface area contributed by atoms with E-state index in [1.54, 1.807) is 0 Å². The van der Waals surface area contributed by atoms with E-state index in [1.807, 2.05) is 20.2 Å². The Morgan fingerprint density at radius 2 is 2.15 bits per heavy atom. The highest BCUT2D eigenvalue weighted by Crippen LogP contribution is 2.60. The van der Waals surface area contributed by atoms with E-state index in [0.29, 0.717) is 11.7 Å². The van der Waals surface area contributed by atoms with Gasteiger partial charge in [-0.25, -0.2) is 0 Å². The first-order chi connectivity index (χ1) is 9.56. The van der Waals surface area contributed by atoms with Crippen molar-refractivity contribution in [3.05, 3.63) is 27.2 Å². The lowest BCUT2D eigenvalue weighted by atomic mass is 9.73. The van der Waals surface area contributed by atoms with Crippen LogP contribution in [0.25, 0.3) is 0 Å². The number of methoxy groups -OCH3 is 1. The zero-order valence-electron chi connectivity index (χ0n) is 12.3. The van der Waals surface area contributed by atoms with Crippen molar-refractivity contribution in [2.45, 2.75) is 50.2 Å². The normalized spacial score (nSPS) is 32.0. The molecule has 2 aliphatic carbocycles. The molecule has 0 radical (unpaired) electrons. The maximum absolute atomic E-state index is 10.6. The number of nitrogens with one attached hydrogen (secondary N) is 1. The van der Waals surface area contributed by atoms with Crippen molar-refractivity contribution in [3.63, 3.8) is 0 Å². The fourth-order valence-electron chi connectivity index (χ4n) is 4.46. The number of rotatable bonds is 2. The summed E-state index contributed by atoms with van der Waals surface area (Å²) in [5.74, 6) is 0.753. The lowest BCUT2D eigenvalue weighted by Gasteiger charge is -2.42. The van der Waals surface area contributed by atoms with E-state index in [-0.39, 0.29) is 11.6 Å². The lowest BCUT2D eigenvalue weighted by molar-refractivity contribution is -0.0724. The van der Waals surface area contributed by atoms with Gasteiger partial charge in [0.1, 0.15) is 5.75 Å². The van der Waals surface area contributed by atoms with Gasteiger partial charge in [0.05, 0.1) is 16.1 Å². The third-order valence-corrected chi connectivity index (χ3v) is 5.84. The van der Waals surface area contributed by atoms with E-state index < -0.39 is 0 Å². The Morgan fingerprint density at radius 3 is 2.80 bits per heavy atom. The summed E-state index contributed by atoms with van der Waals surface area (Å²) >= 11 is 3.48. The highest BCUT2D eigenvalue weighted by molar-refractivity contribution is 9.10. The molecule has 0 amide bonds. The third-order valence-electron chi connectivity index (χ3n) is 5.23. The fraction of sp³-hybridized carbons (Fsp3) is 0.625. The average molecular weight is 340 g/mol. The molecular formula is C16H22BrNO2. The molecule has 1 fully saturated rings. The maximum atomic E-state index is 10.6. The molecule has 0 aliphatic heterocycles. The van der Waals surface area contributed by atoms with Gasteiger partial charge in [-0.15, -0.1) is 0 Å². The maximum Gasteiger partial charge on any atom is 0.134 e. The number of likely N-dealkylation sites (N-methyl/N-ethyl adjacent to an activating group) is 1. The Bertz CT molecular complexity index is 546. The van der Waals surface area contributed by atoms with Crippen LogP contribution in [0.5, 0.6) is 5.75 Å². The van der Waals surface area contributed by atoms with Gasteiger partial charge in [-0.1, -0.05) is 12.8 Å². The highest BCUT2D eigenvalue weighted by atomic mass is 79.9. The minimum Gasteiger partial charge on any atom is -0.506 e. The molecule has 0 saturated heterocycles. The molecular weight excluding hydrogens is 318 g/mol. The molecule has 2 aliphatic rings. The molecule has 20 heavy (non-hydrogen) atoms. The Balaban J connectivity index is 2.27. The smallest absolute Gasteiger partial charge is 0.134 e. The molecule has 3 atom stereocenters. The van der Waals surface area contributed by atoms with Crippen LogP contribution in [0.2, 0.25) is 0 Å². The van der Waals surface area contributed by atoms with Gasteiger partial charge in [0, 0.05) is 18.6 Å². The SMILES string of the molecule is CNC1c2c(O)c(Br)cc(C)c2C2CCCCC21OC. The molecule has 1 aromatic rings. The van der Waals surface area contributed by atoms with Gasteiger partial charge in [-0.2, -0.15) is 0 Å². The predicted octanol–water partition coefficient (Wildman–Crippen LogP) is 3.78. The number of benzene rings is 1. The van der Waals surface area contributed by atoms with Gasteiger partial charge in [-0.3, -0.25) is 0 Å². The fourth-order valence-corrected chi connectivity index (χ4v) is 5.01. The third kappa shape index (κ3) is 1.71. The van der Waals surface area contributed by atoms with Crippen molar-refractivity contribution < 1.29 is 9.84 Å². The van der Waals surface area contributed by atoms with Gasteiger partial charge < -0.3 is 15.2 Å².